The molecule has 0 radical (unpaired) electrons. The van der Waals surface area contributed by atoms with E-state index in [0.717, 1.165) is 0 Å². The number of aliphatic hydroxyl groups excluding tert-OH is 1. The van der Waals surface area contributed by atoms with Gasteiger partial charge >= 0.3 is 0 Å². The van der Waals surface area contributed by atoms with Crippen LogP contribution in [0.3, 0.4) is 0 Å². The van der Waals surface area contributed by atoms with Crippen molar-refractivity contribution < 1.29 is 13.5 Å². The fraction of sp³-hybridized carbons (Fsp3) is 0.500. The lowest BCUT2D eigenvalue weighted by atomic mass is 9.93. The second-order valence-corrected chi connectivity index (χ2v) is 7.00. The quantitative estimate of drug-likeness (QED) is 0.912. The van der Waals surface area contributed by atoms with Crippen LogP contribution in [-0.4, -0.2) is 37.0 Å². The number of benzene rings is 1. The van der Waals surface area contributed by atoms with Crippen molar-refractivity contribution in [3.63, 3.8) is 0 Å². The third kappa shape index (κ3) is 2.85. The summed E-state index contributed by atoms with van der Waals surface area (Å²) in [6.07, 6.45) is 0.878. The van der Waals surface area contributed by atoms with Crippen molar-refractivity contribution in [1.82, 2.24) is 4.31 Å². The van der Waals surface area contributed by atoms with Crippen LogP contribution < -0.4 is 0 Å². The summed E-state index contributed by atoms with van der Waals surface area (Å²) >= 11 is 0. The molecule has 0 amide bonds. The maximum atomic E-state index is 12.6. The van der Waals surface area contributed by atoms with Gasteiger partial charge in [-0.15, -0.1) is 0 Å². The molecule has 20 heavy (non-hydrogen) atoms. The lowest BCUT2D eigenvalue weighted by molar-refractivity contribution is 0.0912. The molecule has 5 nitrogen and oxygen atoms in total. The van der Waals surface area contributed by atoms with E-state index >= 15 is 0 Å². The van der Waals surface area contributed by atoms with Gasteiger partial charge in [0.15, 0.2) is 0 Å². The highest BCUT2D eigenvalue weighted by Crippen LogP contribution is 2.26. The number of hydrogen-bond donors (Lipinski definition) is 1. The van der Waals surface area contributed by atoms with Crippen LogP contribution in [0, 0.1) is 17.2 Å². The smallest absolute Gasteiger partial charge is 0.244 e. The van der Waals surface area contributed by atoms with Gasteiger partial charge in [0, 0.05) is 13.1 Å². The van der Waals surface area contributed by atoms with E-state index in [2.05, 4.69) is 0 Å². The Hall–Kier alpha value is -1.42. The van der Waals surface area contributed by atoms with Crippen molar-refractivity contribution in [3.05, 3.63) is 29.8 Å². The molecular weight excluding hydrogens is 276 g/mol. The zero-order valence-electron chi connectivity index (χ0n) is 11.4. The van der Waals surface area contributed by atoms with Crippen LogP contribution in [0.25, 0.3) is 0 Å². The van der Waals surface area contributed by atoms with Crippen LogP contribution in [0.4, 0.5) is 0 Å². The minimum absolute atomic E-state index is 0.0676. The van der Waals surface area contributed by atoms with Crippen LogP contribution in [0.15, 0.2) is 29.2 Å². The molecular formula is C14H18N2O3S. The second-order valence-electron chi connectivity index (χ2n) is 5.09. The molecule has 0 bridgehead atoms. The monoisotopic (exact) mass is 294 g/mol. The van der Waals surface area contributed by atoms with Gasteiger partial charge in [-0.25, -0.2) is 8.42 Å². The highest BCUT2D eigenvalue weighted by Gasteiger charge is 2.32. The Labute approximate surface area is 119 Å². The van der Waals surface area contributed by atoms with Gasteiger partial charge in [-0.2, -0.15) is 9.57 Å². The Morgan fingerprint density at radius 3 is 2.50 bits per heavy atom. The van der Waals surface area contributed by atoms with Crippen LogP contribution in [0.2, 0.25) is 0 Å². The molecule has 2 rings (SSSR count). The maximum Gasteiger partial charge on any atom is 0.244 e. The molecule has 1 N–H and O–H groups in total. The third-order valence-corrected chi connectivity index (χ3v) is 5.76. The molecule has 1 unspecified atom stereocenters. The molecule has 1 heterocycles. The summed E-state index contributed by atoms with van der Waals surface area (Å²) in [5.74, 6) is 0.146. The van der Waals surface area contributed by atoms with Gasteiger partial charge in [0.25, 0.3) is 0 Å². The molecule has 0 spiro atoms. The van der Waals surface area contributed by atoms with Gasteiger partial charge in [0.2, 0.25) is 10.0 Å². The van der Waals surface area contributed by atoms with Crippen molar-refractivity contribution in [1.29, 1.82) is 5.26 Å². The van der Waals surface area contributed by atoms with Gasteiger partial charge in [-0.3, -0.25) is 0 Å². The Balaban J connectivity index is 2.23. The molecule has 1 aromatic carbocycles. The van der Waals surface area contributed by atoms with Crippen molar-refractivity contribution in [2.45, 2.75) is 30.8 Å². The summed E-state index contributed by atoms with van der Waals surface area (Å²) in [7, 11) is -3.62. The van der Waals surface area contributed by atoms with Crippen molar-refractivity contribution in [3.8, 4) is 6.07 Å². The first kappa shape index (κ1) is 15.0. The number of piperidine rings is 1. The number of sulfonamides is 1. The van der Waals surface area contributed by atoms with Crippen molar-refractivity contribution in [2.75, 3.05) is 13.1 Å². The van der Waals surface area contributed by atoms with E-state index in [-0.39, 0.29) is 16.4 Å². The van der Waals surface area contributed by atoms with E-state index in [0.29, 0.717) is 25.9 Å². The molecule has 0 saturated carbocycles. The average Bonchev–Trinajstić information content (AvgIpc) is 2.47. The Morgan fingerprint density at radius 1 is 1.35 bits per heavy atom. The van der Waals surface area contributed by atoms with E-state index in [1.807, 2.05) is 6.07 Å². The number of nitriles is 1. The van der Waals surface area contributed by atoms with Crippen molar-refractivity contribution >= 4 is 10.0 Å². The molecule has 1 saturated heterocycles. The molecule has 108 valence electrons. The fourth-order valence-electron chi connectivity index (χ4n) is 2.52. The number of hydrogen-bond acceptors (Lipinski definition) is 4. The molecule has 6 heteroatoms. The number of rotatable bonds is 3. The summed E-state index contributed by atoms with van der Waals surface area (Å²) in [4.78, 5) is 0.0676. The second kappa shape index (κ2) is 5.92. The molecule has 1 atom stereocenters. The first-order valence-corrected chi connectivity index (χ1v) is 8.08. The minimum Gasteiger partial charge on any atom is -0.393 e. The minimum atomic E-state index is -3.62. The van der Waals surface area contributed by atoms with Gasteiger partial charge in [0.1, 0.15) is 6.07 Å². The first-order valence-electron chi connectivity index (χ1n) is 6.64. The predicted octanol–water partition coefficient (Wildman–Crippen LogP) is 1.34. The van der Waals surface area contributed by atoms with Gasteiger partial charge in [0.05, 0.1) is 16.6 Å². The first-order chi connectivity index (χ1) is 9.46. The SMILES string of the molecule is CC(O)C1CCN(S(=O)(=O)c2ccccc2C#N)CC1. The van der Waals surface area contributed by atoms with E-state index in [9.17, 15) is 13.5 Å². The molecule has 1 aliphatic heterocycles. The molecule has 1 aromatic rings. The summed E-state index contributed by atoms with van der Waals surface area (Å²) in [6.45, 7) is 2.51. The maximum absolute atomic E-state index is 12.6. The fourth-order valence-corrected chi connectivity index (χ4v) is 4.13. The van der Waals surface area contributed by atoms with Crippen LogP contribution in [-0.2, 0) is 10.0 Å². The summed E-state index contributed by atoms with van der Waals surface area (Å²) in [5.41, 5.74) is 0.171. The molecule has 0 aromatic heterocycles. The van der Waals surface area contributed by atoms with E-state index < -0.39 is 16.1 Å². The van der Waals surface area contributed by atoms with Crippen LogP contribution in [0.1, 0.15) is 25.3 Å². The van der Waals surface area contributed by atoms with E-state index in [1.54, 1.807) is 19.1 Å². The summed E-state index contributed by atoms with van der Waals surface area (Å²) in [5, 5.41) is 18.6. The summed E-state index contributed by atoms with van der Waals surface area (Å²) < 4.78 is 26.5. The standard InChI is InChI=1S/C14H18N2O3S/c1-11(17)12-6-8-16(9-7-12)20(18,19)14-5-3-2-4-13(14)10-15/h2-5,11-12,17H,6-9H2,1H3. The molecule has 0 aliphatic carbocycles. The highest BCUT2D eigenvalue weighted by atomic mass is 32.2. The lowest BCUT2D eigenvalue weighted by Crippen LogP contribution is -2.40. The third-order valence-electron chi connectivity index (χ3n) is 3.81. The predicted molar refractivity (Wildman–Crippen MR) is 74.3 cm³/mol. The number of aliphatic hydroxyl groups is 1. The molecule has 1 aliphatic rings. The van der Waals surface area contributed by atoms with Crippen molar-refractivity contribution in [2.24, 2.45) is 5.92 Å². The normalized spacial score (nSPS) is 19.4. The Kier molecular flexibility index (Phi) is 4.43. The van der Waals surface area contributed by atoms with Crippen LogP contribution in [0.5, 0.6) is 0 Å². The summed E-state index contributed by atoms with van der Waals surface area (Å²) in [6, 6.07) is 8.17. The zero-order chi connectivity index (χ0) is 14.8. The van der Waals surface area contributed by atoms with Gasteiger partial charge in [-0.05, 0) is 37.8 Å². The average molecular weight is 294 g/mol. The Morgan fingerprint density at radius 2 is 1.95 bits per heavy atom. The largest absolute Gasteiger partial charge is 0.393 e. The van der Waals surface area contributed by atoms with Gasteiger partial charge in [-0.1, -0.05) is 12.1 Å². The molecule has 1 fully saturated rings. The number of nitrogens with zero attached hydrogens (tertiary/aromatic N) is 2. The highest BCUT2D eigenvalue weighted by molar-refractivity contribution is 7.89. The zero-order valence-corrected chi connectivity index (χ0v) is 12.2. The topological polar surface area (TPSA) is 81.4 Å². The van der Waals surface area contributed by atoms with E-state index in [1.165, 1.54) is 16.4 Å². The van der Waals surface area contributed by atoms with Gasteiger partial charge < -0.3 is 5.11 Å². The lowest BCUT2D eigenvalue weighted by Gasteiger charge is -2.32. The van der Waals surface area contributed by atoms with E-state index in [4.69, 9.17) is 5.26 Å². The Bertz CT molecular complexity index is 612. The van der Waals surface area contributed by atoms with Crippen LogP contribution >= 0.6 is 0 Å².